The fourth-order valence-corrected chi connectivity index (χ4v) is 2.81. The first-order valence-electron chi connectivity index (χ1n) is 6.28. The average molecular weight is 282 g/mol. The van der Waals surface area contributed by atoms with Gasteiger partial charge in [-0.2, -0.15) is 0 Å². The van der Waals surface area contributed by atoms with Gasteiger partial charge in [0, 0.05) is 30.4 Å². The minimum Gasteiger partial charge on any atom is -0.351 e. The Hall–Kier alpha value is -1.63. The van der Waals surface area contributed by atoms with E-state index in [4.69, 9.17) is 5.73 Å². The predicted molar refractivity (Wildman–Crippen MR) is 73.2 cm³/mol. The second-order valence-electron chi connectivity index (χ2n) is 4.97. The molecule has 0 bridgehead atoms. The first kappa shape index (κ1) is 13.8. The van der Waals surface area contributed by atoms with Gasteiger partial charge in [-0.15, -0.1) is 11.3 Å². The molecule has 1 aliphatic rings. The zero-order chi connectivity index (χ0) is 14.0. The zero-order valence-corrected chi connectivity index (χ0v) is 11.9. The number of nitrogens with one attached hydrogen (secondary N) is 1. The maximum Gasteiger partial charge on any atom is 0.314 e. The summed E-state index contributed by atoms with van der Waals surface area (Å²) >= 11 is 1.49. The summed E-state index contributed by atoms with van der Waals surface area (Å²) in [5.74, 6) is 0.142. The first-order chi connectivity index (χ1) is 8.97. The van der Waals surface area contributed by atoms with Gasteiger partial charge in [-0.3, -0.25) is 4.79 Å². The Balaban J connectivity index is 1.92. The van der Waals surface area contributed by atoms with E-state index < -0.39 is 6.03 Å². The van der Waals surface area contributed by atoms with E-state index in [1.165, 1.54) is 16.2 Å². The summed E-state index contributed by atoms with van der Waals surface area (Å²) < 4.78 is 0. The number of amides is 3. The molecule has 7 heteroatoms. The van der Waals surface area contributed by atoms with Crippen molar-refractivity contribution < 1.29 is 9.59 Å². The van der Waals surface area contributed by atoms with Gasteiger partial charge >= 0.3 is 6.03 Å². The molecule has 1 aromatic rings. The maximum absolute atomic E-state index is 12.0. The fourth-order valence-electron chi connectivity index (χ4n) is 1.99. The van der Waals surface area contributed by atoms with Crippen LogP contribution in [0.25, 0.3) is 0 Å². The summed E-state index contributed by atoms with van der Waals surface area (Å²) in [6, 6.07) is -0.475. The summed E-state index contributed by atoms with van der Waals surface area (Å²) in [5.41, 5.74) is 5.65. The lowest BCUT2D eigenvalue weighted by atomic mass is 10.2. The number of hydrogen-bond acceptors (Lipinski definition) is 4. The van der Waals surface area contributed by atoms with Gasteiger partial charge in [0.1, 0.15) is 5.69 Å². The van der Waals surface area contributed by atoms with Crippen LogP contribution in [-0.4, -0.2) is 41.0 Å². The number of nitrogens with two attached hydrogens (primary N) is 1. The second kappa shape index (κ2) is 5.56. The average Bonchev–Trinajstić information content (AvgIpc) is 2.96. The summed E-state index contributed by atoms with van der Waals surface area (Å²) in [6.07, 6.45) is 0.732. The molecule has 1 unspecified atom stereocenters. The molecule has 1 atom stereocenters. The zero-order valence-electron chi connectivity index (χ0n) is 11.0. The number of carbonyl (C=O) groups excluding carboxylic acids is 2. The predicted octanol–water partition coefficient (Wildman–Crippen LogP) is 1.15. The van der Waals surface area contributed by atoms with Crippen LogP contribution < -0.4 is 11.1 Å². The van der Waals surface area contributed by atoms with Crippen molar-refractivity contribution in [3.05, 3.63) is 16.1 Å². The Kier molecular flexibility index (Phi) is 4.04. The van der Waals surface area contributed by atoms with E-state index in [-0.39, 0.29) is 11.9 Å². The second-order valence-corrected chi connectivity index (χ2v) is 5.86. The van der Waals surface area contributed by atoms with Crippen LogP contribution in [0, 0.1) is 0 Å². The highest BCUT2D eigenvalue weighted by Crippen LogP contribution is 2.19. The highest BCUT2D eigenvalue weighted by atomic mass is 32.1. The molecule has 1 fully saturated rings. The van der Waals surface area contributed by atoms with Gasteiger partial charge in [0.15, 0.2) is 0 Å². The summed E-state index contributed by atoms with van der Waals surface area (Å²) in [4.78, 5) is 28.9. The Morgan fingerprint density at radius 3 is 2.84 bits per heavy atom. The largest absolute Gasteiger partial charge is 0.351 e. The van der Waals surface area contributed by atoms with Crippen molar-refractivity contribution in [2.24, 2.45) is 5.73 Å². The molecule has 0 spiro atoms. The molecule has 1 aromatic heterocycles. The number of carbonyl (C=O) groups is 2. The molecule has 19 heavy (non-hydrogen) atoms. The molecule has 104 valence electrons. The minimum atomic E-state index is -0.437. The molecular formula is C12H18N4O2S. The van der Waals surface area contributed by atoms with Crippen LogP contribution in [0.15, 0.2) is 5.38 Å². The molecule has 6 nitrogen and oxygen atoms in total. The van der Waals surface area contributed by atoms with Gasteiger partial charge in [0.05, 0.1) is 5.01 Å². The van der Waals surface area contributed by atoms with Crippen molar-refractivity contribution in [1.82, 2.24) is 15.2 Å². The van der Waals surface area contributed by atoms with Crippen LogP contribution >= 0.6 is 11.3 Å². The van der Waals surface area contributed by atoms with Crippen molar-refractivity contribution in [3.63, 3.8) is 0 Å². The lowest BCUT2D eigenvalue weighted by molar-refractivity contribution is 0.0933. The first-order valence-corrected chi connectivity index (χ1v) is 7.16. The Morgan fingerprint density at radius 1 is 1.58 bits per heavy atom. The molecule has 3 amide bonds. The Bertz CT molecular complexity index is 486. The van der Waals surface area contributed by atoms with Gasteiger partial charge in [0.2, 0.25) is 0 Å². The van der Waals surface area contributed by atoms with Crippen LogP contribution in [0.5, 0.6) is 0 Å². The van der Waals surface area contributed by atoms with Crippen molar-refractivity contribution in [3.8, 4) is 0 Å². The van der Waals surface area contributed by atoms with Crippen LogP contribution in [0.4, 0.5) is 4.79 Å². The molecule has 1 saturated heterocycles. The monoisotopic (exact) mass is 282 g/mol. The topological polar surface area (TPSA) is 88.3 Å². The molecule has 2 heterocycles. The third-order valence-electron chi connectivity index (χ3n) is 3.08. The summed E-state index contributed by atoms with van der Waals surface area (Å²) in [7, 11) is 0. The molecule has 2 rings (SSSR count). The summed E-state index contributed by atoms with van der Waals surface area (Å²) in [6.45, 7) is 5.15. The number of rotatable bonds is 3. The van der Waals surface area contributed by atoms with Gasteiger partial charge in [-0.05, 0) is 6.42 Å². The van der Waals surface area contributed by atoms with E-state index in [0.717, 1.165) is 11.4 Å². The SMILES string of the molecule is CC(C)c1nc(C(=O)NC2CCN(C(N)=O)C2)cs1. The van der Waals surface area contributed by atoms with Crippen molar-refractivity contribution >= 4 is 23.3 Å². The number of urea groups is 1. The standard InChI is InChI=1S/C12H18N4O2S/c1-7(2)11-15-9(6-19-11)10(17)14-8-3-4-16(5-8)12(13)18/h6-8H,3-5H2,1-2H3,(H2,13,18)(H,14,17). The van der Waals surface area contributed by atoms with Crippen LogP contribution in [0.1, 0.15) is 41.7 Å². The van der Waals surface area contributed by atoms with Gasteiger partial charge in [-0.25, -0.2) is 9.78 Å². The summed E-state index contributed by atoms with van der Waals surface area (Å²) in [5, 5.41) is 5.61. The Labute approximate surface area is 116 Å². The van der Waals surface area contributed by atoms with Crippen molar-refractivity contribution in [2.75, 3.05) is 13.1 Å². The molecular weight excluding hydrogens is 264 g/mol. The van der Waals surface area contributed by atoms with Gasteiger partial charge < -0.3 is 16.0 Å². The molecule has 0 saturated carbocycles. The normalized spacial score (nSPS) is 18.9. The molecule has 0 aliphatic carbocycles. The smallest absolute Gasteiger partial charge is 0.314 e. The van der Waals surface area contributed by atoms with Crippen LogP contribution in [-0.2, 0) is 0 Å². The highest BCUT2D eigenvalue weighted by molar-refractivity contribution is 7.09. The number of aromatic nitrogens is 1. The highest BCUT2D eigenvalue weighted by Gasteiger charge is 2.26. The minimum absolute atomic E-state index is 0.0378. The van der Waals surface area contributed by atoms with Gasteiger partial charge in [-0.1, -0.05) is 13.8 Å². The third-order valence-corrected chi connectivity index (χ3v) is 4.23. The molecule has 1 aliphatic heterocycles. The number of nitrogens with zero attached hydrogens (tertiary/aromatic N) is 2. The number of primary amides is 1. The van der Waals surface area contributed by atoms with Gasteiger partial charge in [0.25, 0.3) is 5.91 Å². The van der Waals surface area contributed by atoms with E-state index in [1.54, 1.807) is 5.38 Å². The molecule has 3 N–H and O–H groups in total. The van der Waals surface area contributed by atoms with Crippen LogP contribution in [0.3, 0.4) is 0 Å². The fraction of sp³-hybridized carbons (Fsp3) is 0.583. The van der Waals surface area contributed by atoms with Crippen LogP contribution in [0.2, 0.25) is 0 Å². The molecule has 0 radical (unpaired) electrons. The van der Waals surface area contributed by atoms with E-state index in [1.807, 2.05) is 13.8 Å². The molecule has 0 aromatic carbocycles. The number of thiazole rings is 1. The number of likely N-dealkylation sites (tertiary alicyclic amines) is 1. The Morgan fingerprint density at radius 2 is 2.32 bits per heavy atom. The lowest BCUT2D eigenvalue weighted by Gasteiger charge is -2.13. The van der Waals surface area contributed by atoms with E-state index in [0.29, 0.717) is 24.7 Å². The lowest BCUT2D eigenvalue weighted by Crippen LogP contribution is -2.40. The third kappa shape index (κ3) is 3.23. The van der Waals surface area contributed by atoms with E-state index >= 15 is 0 Å². The van der Waals surface area contributed by atoms with Crippen molar-refractivity contribution in [1.29, 1.82) is 0 Å². The maximum atomic E-state index is 12.0. The number of hydrogen-bond donors (Lipinski definition) is 2. The van der Waals surface area contributed by atoms with Crippen molar-refractivity contribution in [2.45, 2.75) is 32.2 Å². The quantitative estimate of drug-likeness (QED) is 0.871. The van der Waals surface area contributed by atoms with E-state index in [9.17, 15) is 9.59 Å². The van der Waals surface area contributed by atoms with E-state index in [2.05, 4.69) is 10.3 Å².